The van der Waals surface area contributed by atoms with Crippen molar-refractivity contribution in [2.75, 3.05) is 0 Å². The molecule has 0 unspecified atom stereocenters. The Bertz CT molecular complexity index is 683. The summed E-state index contributed by atoms with van der Waals surface area (Å²) in [5.74, 6) is -2.35. The first-order chi connectivity index (χ1) is 8.49. The molecule has 0 fully saturated rings. The number of nitrogens with zero attached hydrogens (tertiary/aromatic N) is 1. The van der Waals surface area contributed by atoms with Crippen molar-refractivity contribution in [1.82, 2.24) is 9.88 Å². The Morgan fingerprint density at radius 1 is 1.44 bits per heavy atom. The van der Waals surface area contributed by atoms with E-state index < -0.39 is 17.6 Å². The number of amides is 2. The molecule has 0 spiro atoms. The third-order valence-corrected chi connectivity index (χ3v) is 2.53. The number of hydrogen-bond donors (Lipinski definition) is 2. The van der Waals surface area contributed by atoms with Crippen LogP contribution in [0.1, 0.15) is 5.56 Å². The smallest absolute Gasteiger partial charge is 0.408 e. The minimum atomic E-state index is -1.04. The molecule has 2 amide bonds. The average Bonchev–Trinajstić information content (AvgIpc) is 2.61. The van der Waals surface area contributed by atoms with Crippen LogP contribution in [-0.2, 0) is 23.2 Å². The molecule has 3 N–H and O–H groups in total. The molecular formula is C11H11N3O4. The van der Waals surface area contributed by atoms with Gasteiger partial charge in [0.25, 0.3) is 0 Å². The predicted octanol–water partition coefficient (Wildman–Crippen LogP) is -0.767. The van der Waals surface area contributed by atoms with Gasteiger partial charge in [0.1, 0.15) is 0 Å². The number of rotatable bonds is 2. The summed E-state index contributed by atoms with van der Waals surface area (Å²) in [5, 5.41) is 2.34. The fourth-order valence-corrected chi connectivity index (χ4v) is 1.56. The minimum Gasteiger partial charge on any atom is -0.408 e. The van der Waals surface area contributed by atoms with Gasteiger partial charge in [-0.05, 0) is 17.7 Å². The zero-order chi connectivity index (χ0) is 13.3. The summed E-state index contributed by atoms with van der Waals surface area (Å²) in [6.07, 6.45) is 0. The second kappa shape index (κ2) is 4.36. The number of aromatic nitrogens is 1. The number of nitrogens with two attached hydrogens (primary N) is 1. The van der Waals surface area contributed by atoms with Gasteiger partial charge >= 0.3 is 17.6 Å². The molecule has 2 rings (SSSR count). The van der Waals surface area contributed by atoms with E-state index in [4.69, 9.17) is 10.2 Å². The lowest BCUT2D eigenvalue weighted by Crippen LogP contribution is -2.35. The van der Waals surface area contributed by atoms with Crippen LogP contribution in [0, 0.1) is 0 Å². The topological polar surface area (TPSA) is 107 Å². The van der Waals surface area contributed by atoms with Crippen LogP contribution in [0.3, 0.4) is 0 Å². The molecule has 0 radical (unpaired) electrons. The number of carbonyl (C=O) groups is 2. The summed E-state index contributed by atoms with van der Waals surface area (Å²) in [7, 11) is 1.60. The average molecular weight is 249 g/mol. The van der Waals surface area contributed by atoms with E-state index in [0.717, 1.165) is 0 Å². The molecule has 0 aliphatic carbocycles. The van der Waals surface area contributed by atoms with Crippen LogP contribution in [0.5, 0.6) is 0 Å². The van der Waals surface area contributed by atoms with E-state index in [1.807, 2.05) is 0 Å². The number of nitrogens with one attached hydrogen (secondary N) is 1. The molecule has 0 saturated heterocycles. The largest absolute Gasteiger partial charge is 0.419 e. The standard InChI is InChI=1S/C11H11N3O4/c1-14-7-3-2-6(4-8(7)18-11(14)17)5-13-10(16)9(12)15/h2-4H,5H2,1H3,(H2,12,15)(H,13,16). The van der Waals surface area contributed by atoms with Gasteiger partial charge in [-0.3, -0.25) is 14.2 Å². The van der Waals surface area contributed by atoms with E-state index in [-0.39, 0.29) is 6.54 Å². The van der Waals surface area contributed by atoms with Crippen molar-refractivity contribution in [1.29, 1.82) is 0 Å². The molecule has 1 aromatic heterocycles. The number of aryl methyl sites for hydroxylation is 1. The molecule has 1 aromatic carbocycles. The van der Waals surface area contributed by atoms with Crippen molar-refractivity contribution in [2.24, 2.45) is 12.8 Å². The summed E-state index contributed by atoms with van der Waals surface area (Å²) in [4.78, 5) is 32.8. The molecule has 0 aliphatic rings. The highest BCUT2D eigenvalue weighted by Gasteiger charge is 2.09. The number of hydrogen-bond acceptors (Lipinski definition) is 4. The SMILES string of the molecule is Cn1c(=O)oc2cc(CNC(=O)C(N)=O)ccc21. The van der Waals surface area contributed by atoms with Gasteiger partial charge in [0.15, 0.2) is 5.58 Å². The van der Waals surface area contributed by atoms with Gasteiger partial charge in [-0.15, -0.1) is 0 Å². The van der Waals surface area contributed by atoms with Crippen LogP contribution in [0.25, 0.3) is 11.1 Å². The molecule has 18 heavy (non-hydrogen) atoms. The lowest BCUT2D eigenvalue weighted by Gasteiger charge is -2.02. The van der Waals surface area contributed by atoms with Crippen LogP contribution < -0.4 is 16.8 Å². The first kappa shape index (κ1) is 11.9. The normalized spacial score (nSPS) is 10.5. The maximum Gasteiger partial charge on any atom is 0.419 e. The van der Waals surface area contributed by atoms with Crippen LogP contribution in [-0.4, -0.2) is 16.4 Å². The second-order valence-electron chi connectivity index (χ2n) is 3.78. The zero-order valence-electron chi connectivity index (χ0n) is 9.60. The van der Waals surface area contributed by atoms with Crippen molar-refractivity contribution in [3.63, 3.8) is 0 Å². The summed E-state index contributed by atoms with van der Waals surface area (Å²) in [6.45, 7) is 0.135. The molecule has 7 nitrogen and oxygen atoms in total. The maximum atomic E-state index is 11.3. The van der Waals surface area contributed by atoms with Crippen molar-refractivity contribution >= 4 is 22.9 Å². The highest BCUT2D eigenvalue weighted by molar-refractivity contribution is 6.34. The van der Waals surface area contributed by atoms with Gasteiger partial charge in [-0.25, -0.2) is 4.79 Å². The summed E-state index contributed by atoms with van der Waals surface area (Å²) in [5.41, 5.74) is 6.58. The lowest BCUT2D eigenvalue weighted by molar-refractivity contribution is -0.137. The van der Waals surface area contributed by atoms with Gasteiger partial charge in [0.2, 0.25) is 0 Å². The van der Waals surface area contributed by atoms with E-state index >= 15 is 0 Å². The van der Waals surface area contributed by atoms with Crippen molar-refractivity contribution in [3.8, 4) is 0 Å². The fraction of sp³-hybridized carbons (Fsp3) is 0.182. The monoisotopic (exact) mass is 249 g/mol. The van der Waals surface area contributed by atoms with E-state index in [0.29, 0.717) is 16.7 Å². The first-order valence-electron chi connectivity index (χ1n) is 5.15. The third-order valence-electron chi connectivity index (χ3n) is 2.53. The number of primary amides is 1. The van der Waals surface area contributed by atoms with Gasteiger partial charge in [0.05, 0.1) is 5.52 Å². The summed E-state index contributed by atoms with van der Waals surface area (Å²) >= 11 is 0. The lowest BCUT2D eigenvalue weighted by atomic mass is 10.2. The van der Waals surface area contributed by atoms with Crippen molar-refractivity contribution in [3.05, 3.63) is 34.3 Å². The summed E-state index contributed by atoms with van der Waals surface area (Å²) in [6, 6.07) is 5.04. The van der Waals surface area contributed by atoms with Gasteiger partial charge in [-0.1, -0.05) is 6.07 Å². The molecule has 7 heteroatoms. The number of benzene rings is 1. The molecule has 94 valence electrons. The quantitative estimate of drug-likeness (QED) is 0.681. The van der Waals surface area contributed by atoms with E-state index in [2.05, 4.69) is 5.32 Å². The Morgan fingerprint density at radius 2 is 2.17 bits per heavy atom. The first-order valence-corrected chi connectivity index (χ1v) is 5.15. The molecular weight excluding hydrogens is 238 g/mol. The number of oxazole rings is 1. The molecule has 0 atom stereocenters. The molecule has 0 bridgehead atoms. The van der Waals surface area contributed by atoms with E-state index in [1.165, 1.54) is 4.57 Å². The Balaban J connectivity index is 2.23. The van der Waals surface area contributed by atoms with E-state index in [1.54, 1.807) is 25.2 Å². The summed E-state index contributed by atoms with van der Waals surface area (Å²) < 4.78 is 6.37. The van der Waals surface area contributed by atoms with Crippen molar-refractivity contribution < 1.29 is 14.0 Å². The fourth-order valence-electron chi connectivity index (χ4n) is 1.56. The van der Waals surface area contributed by atoms with Gasteiger partial charge in [-0.2, -0.15) is 0 Å². The van der Waals surface area contributed by atoms with Gasteiger partial charge < -0.3 is 15.5 Å². The van der Waals surface area contributed by atoms with Crippen molar-refractivity contribution in [2.45, 2.75) is 6.54 Å². The Kier molecular flexibility index (Phi) is 2.88. The molecule has 0 saturated carbocycles. The highest BCUT2D eigenvalue weighted by Crippen LogP contribution is 2.13. The second-order valence-corrected chi connectivity index (χ2v) is 3.78. The van der Waals surface area contributed by atoms with Crippen LogP contribution in [0.2, 0.25) is 0 Å². The number of carbonyl (C=O) groups excluding carboxylic acids is 2. The Morgan fingerprint density at radius 3 is 2.83 bits per heavy atom. The third kappa shape index (κ3) is 2.10. The van der Waals surface area contributed by atoms with Gasteiger partial charge in [0, 0.05) is 13.6 Å². The Labute approximate surface area is 101 Å². The molecule has 1 heterocycles. The molecule has 2 aromatic rings. The van der Waals surface area contributed by atoms with Crippen LogP contribution in [0.4, 0.5) is 0 Å². The van der Waals surface area contributed by atoms with Crippen LogP contribution in [0.15, 0.2) is 27.4 Å². The van der Waals surface area contributed by atoms with E-state index in [9.17, 15) is 14.4 Å². The predicted molar refractivity (Wildman–Crippen MR) is 62.5 cm³/mol. The number of fused-ring (bicyclic) bond motifs is 1. The Hall–Kier alpha value is -2.57. The zero-order valence-corrected chi connectivity index (χ0v) is 9.60. The van der Waals surface area contributed by atoms with Crippen LogP contribution >= 0.6 is 0 Å². The highest BCUT2D eigenvalue weighted by atomic mass is 16.4. The maximum absolute atomic E-state index is 11.3. The minimum absolute atomic E-state index is 0.135. The molecule has 0 aliphatic heterocycles.